The second-order valence-corrected chi connectivity index (χ2v) is 10.4. The van der Waals surface area contributed by atoms with E-state index in [1.54, 1.807) is 7.11 Å². The summed E-state index contributed by atoms with van der Waals surface area (Å²) in [5, 5.41) is 0. The molecule has 0 saturated carbocycles. The maximum absolute atomic E-state index is 14.1. The number of nitrogens with zero attached hydrogens (tertiary/aromatic N) is 3. The van der Waals surface area contributed by atoms with Gasteiger partial charge in [-0.15, -0.1) is 0 Å². The Balaban J connectivity index is 1.54. The van der Waals surface area contributed by atoms with Gasteiger partial charge < -0.3 is 9.64 Å². The molecular weight excluding hydrogens is 409 g/mol. The van der Waals surface area contributed by atoms with Gasteiger partial charge in [-0.3, -0.25) is 9.69 Å². The molecule has 4 rings (SSSR count). The molecule has 0 aliphatic carbocycles. The fraction of sp³-hybridized carbons (Fsp3) is 0.667. The van der Waals surface area contributed by atoms with Crippen LogP contribution in [0.15, 0.2) is 29.2 Å². The van der Waals surface area contributed by atoms with Crippen molar-refractivity contribution in [1.29, 1.82) is 0 Å². The minimum absolute atomic E-state index is 0.0310. The van der Waals surface area contributed by atoms with E-state index < -0.39 is 15.8 Å². The Hall–Kier alpha value is -1.55. The van der Waals surface area contributed by atoms with Gasteiger partial charge in [0.2, 0.25) is 15.9 Å². The number of carbonyl (C=O) groups excluding carboxylic acids is 1. The van der Waals surface area contributed by atoms with Gasteiger partial charge >= 0.3 is 0 Å². The van der Waals surface area contributed by atoms with Gasteiger partial charge in [-0.1, -0.05) is 12.1 Å². The predicted octanol–water partition coefficient (Wildman–Crippen LogP) is 1.41. The SMILES string of the molecule is CCN1C(=O)[C@@H]2CN(CCOC)C[C@@H]2C12CCN(S(=O)(=O)c1ccccc1F)CC2. The Labute approximate surface area is 177 Å². The summed E-state index contributed by atoms with van der Waals surface area (Å²) in [6.45, 7) is 6.21. The third kappa shape index (κ3) is 3.36. The van der Waals surface area contributed by atoms with Crippen LogP contribution in [0.3, 0.4) is 0 Å². The summed E-state index contributed by atoms with van der Waals surface area (Å²) in [4.78, 5) is 17.1. The molecule has 7 nitrogen and oxygen atoms in total. The summed E-state index contributed by atoms with van der Waals surface area (Å²) >= 11 is 0. The number of piperidine rings is 1. The van der Waals surface area contributed by atoms with Crippen LogP contribution in [0.2, 0.25) is 0 Å². The van der Waals surface area contributed by atoms with Crippen molar-refractivity contribution >= 4 is 15.9 Å². The van der Waals surface area contributed by atoms with Gasteiger partial charge in [0.25, 0.3) is 0 Å². The van der Waals surface area contributed by atoms with Crippen LogP contribution in [0.25, 0.3) is 0 Å². The lowest BCUT2D eigenvalue weighted by molar-refractivity contribution is -0.135. The van der Waals surface area contributed by atoms with Gasteiger partial charge in [0.15, 0.2) is 0 Å². The monoisotopic (exact) mass is 439 g/mol. The second kappa shape index (κ2) is 8.18. The van der Waals surface area contributed by atoms with E-state index in [1.165, 1.54) is 28.6 Å². The number of halogens is 1. The zero-order valence-corrected chi connectivity index (χ0v) is 18.4. The van der Waals surface area contributed by atoms with Crippen LogP contribution in [-0.4, -0.2) is 87.0 Å². The summed E-state index contributed by atoms with van der Waals surface area (Å²) < 4.78 is 46.7. The molecule has 3 heterocycles. The summed E-state index contributed by atoms with van der Waals surface area (Å²) in [5.74, 6) is -0.377. The summed E-state index contributed by atoms with van der Waals surface area (Å²) in [7, 11) is -2.22. The Morgan fingerprint density at radius 3 is 2.53 bits per heavy atom. The molecule has 0 aromatic heterocycles. The van der Waals surface area contributed by atoms with Gasteiger partial charge in [-0.05, 0) is 31.9 Å². The van der Waals surface area contributed by atoms with Gasteiger partial charge in [0, 0.05) is 52.3 Å². The number of ether oxygens (including phenoxy) is 1. The van der Waals surface area contributed by atoms with Gasteiger partial charge in [0.1, 0.15) is 10.7 Å². The highest BCUT2D eigenvalue weighted by Crippen LogP contribution is 2.50. The zero-order chi connectivity index (χ0) is 21.5. The van der Waals surface area contributed by atoms with Crippen molar-refractivity contribution in [3.05, 3.63) is 30.1 Å². The van der Waals surface area contributed by atoms with Crippen LogP contribution in [-0.2, 0) is 19.6 Å². The Morgan fingerprint density at radius 2 is 1.90 bits per heavy atom. The lowest BCUT2D eigenvalue weighted by atomic mass is 9.75. The zero-order valence-electron chi connectivity index (χ0n) is 17.6. The van der Waals surface area contributed by atoms with Crippen molar-refractivity contribution in [3.8, 4) is 0 Å². The smallest absolute Gasteiger partial charge is 0.245 e. The maximum Gasteiger partial charge on any atom is 0.245 e. The van der Waals surface area contributed by atoms with Crippen molar-refractivity contribution < 1.29 is 22.3 Å². The highest BCUT2D eigenvalue weighted by Gasteiger charge is 2.61. The normalized spacial score (nSPS) is 27.2. The van der Waals surface area contributed by atoms with Crippen LogP contribution in [0.4, 0.5) is 4.39 Å². The summed E-state index contributed by atoms with van der Waals surface area (Å²) in [6, 6.07) is 5.50. The second-order valence-electron chi connectivity index (χ2n) is 8.49. The molecule has 166 valence electrons. The number of hydrogen-bond donors (Lipinski definition) is 0. The largest absolute Gasteiger partial charge is 0.383 e. The molecule has 1 aromatic rings. The molecule has 1 amide bonds. The number of sulfonamides is 1. The van der Waals surface area contributed by atoms with E-state index in [-0.39, 0.29) is 28.2 Å². The standard InChI is InChI=1S/C21H30FN3O4S/c1-3-25-20(26)16-14-23(12-13-29-2)15-17(16)21(25)8-10-24(11-9-21)30(27,28)19-7-5-4-6-18(19)22/h4-7,16-17H,3,8-15H2,1-2H3/t16-,17+/m1/s1. The Kier molecular flexibility index (Phi) is 5.91. The molecule has 0 radical (unpaired) electrons. The first kappa shape index (κ1) is 21.7. The van der Waals surface area contributed by atoms with Crippen LogP contribution in [0.1, 0.15) is 19.8 Å². The van der Waals surface area contributed by atoms with Gasteiger partial charge in [-0.2, -0.15) is 4.31 Å². The van der Waals surface area contributed by atoms with E-state index in [4.69, 9.17) is 4.74 Å². The van der Waals surface area contributed by atoms with E-state index in [9.17, 15) is 17.6 Å². The number of rotatable bonds is 6. The Bertz CT molecular complexity index is 901. The highest BCUT2D eigenvalue weighted by molar-refractivity contribution is 7.89. The van der Waals surface area contributed by atoms with Crippen molar-refractivity contribution in [1.82, 2.24) is 14.1 Å². The number of likely N-dealkylation sites (tertiary alicyclic amines) is 2. The van der Waals surface area contributed by atoms with Crippen molar-refractivity contribution in [2.75, 3.05) is 53.0 Å². The lowest BCUT2D eigenvalue weighted by Crippen LogP contribution is -2.57. The van der Waals surface area contributed by atoms with E-state index in [0.29, 0.717) is 39.1 Å². The molecule has 1 spiro atoms. The number of methoxy groups -OCH3 is 1. The number of carbonyl (C=O) groups is 1. The van der Waals surface area contributed by atoms with E-state index in [1.807, 2.05) is 11.8 Å². The number of benzene rings is 1. The predicted molar refractivity (Wildman–Crippen MR) is 110 cm³/mol. The molecule has 0 bridgehead atoms. The molecule has 1 aromatic carbocycles. The number of fused-ring (bicyclic) bond motifs is 2. The van der Waals surface area contributed by atoms with Crippen molar-refractivity contribution in [3.63, 3.8) is 0 Å². The van der Waals surface area contributed by atoms with Crippen LogP contribution in [0, 0.1) is 17.7 Å². The summed E-state index contributed by atoms with van der Waals surface area (Å²) in [5.41, 5.74) is -0.320. The molecule has 3 aliphatic heterocycles. The molecule has 9 heteroatoms. The Morgan fingerprint density at radius 1 is 1.20 bits per heavy atom. The van der Waals surface area contributed by atoms with Gasteiger partial charge in [0.05, 0.1) is 18.1 Å². The van der Waals surface area contributed by atoms with Crippen LogP contribution >= 0.6 is 0 Å². The van der Waals surface area contributed by atoms with Gasteiger partial charge in [-0.25, -0.2) is 12.8 Å². The van der Waals surface area contributed by atoms with Crippen molar-refractivity contribution in [2.45, 2.75) is 30.2 Å². The molecule has 0 unspecified atom stereocenters. The molecule has 3 saturated heterocycles. The number of hydrogen-bond acceptors (Lipinski definition) is 5. The van der Waals surface area contributed by atoms with E-state index >= 15 is 0 Å². The number of amides is 1. The molecule has 3 fully saturated rings. The molecule has 2 atom stereocenters. The molecule has 3 aliphatic rings. The van der Waals surface area contributed by atoms with E-state index in [0.717, 1.165) is 19.6 Å². The molecular formula is C21H30FN3O4S. The highest BCUT2D eigenvalue weighted by atomic mass is 32.2. The quantitative estimate of drug-likeness (QED) is 0.670. The first-order valence-corrected chi connectivity index (χ1v) is 12.1. The fourth-order valence-electron chi connectivity index (χ4n) is 5.72. The minimum atomic E-state index is -3.89. The lowest BCUT2D eigenvalue weighted by Gasteiger charge is -2.47. The topological polar surface area (TPSA) is 70.2 Å². The van der Waals surface area contributed by atoms with E-state index in [2.05, 4.69) is 4.90 Å². The molecule has 30 heavy (non-hydrogen) atoms. The molecule has 0 N–H and O–H groups in total. The third-order valence-corrected chi connectivity index (χ3v) is 9.11. The first-order valence-electron chi connectivity index (χ1n) is 10.6. The average Bonchev–Trinajstić information content (AvgIpc) is 3.25. The van der Waals surface area contributed by atoms with Crippen LogP contribution in [0.5, 0.6) is 0 Å². The summed E-state index contributed by atoms with van der Waals surface area (Å²) in [6.07, 6.45) is 1.17. The average molecular weight is 440 g/mol. The first-order chi connectivity index (χ1) is 14.3. The maximum atomic E-state index is 14.1. The minimum Gasteiger partial charge on any atom is -0.383 e. The third-order valence-electron chi connectivity index (χ3n) is 7.18. The fourth-order valence-corrected chi connectivity index (χ4v) is 7.23. The van der Waals surface area contributed by atoms with Crippen molar-refractivity contribution in [2.24, 2.45) is 11.8 Å². The van der Waals surface area contributed by atoms with Crippen LogP contribution < -0.4 is 0 Å².